The van der Waals surface area contributed by atoms with Crippen LogP contribution < -0.4 is 4.74 Å². The number of likely N-dealkylation sites (tertiary alicyclic amines) is 1. The second kappa shape index (κ2) is 7.54. The highest BCUT2D eigenvalue weighted by Crippen LogP contribution is 2.26. The van der Waals surface area contributed by atoms with Crippen LogP contribution in [0.3, 0.4) is 0 Å². The number of piperidine rings is 1. The van der Waals surface area contributed by atoms with Crippen LogP contribution in [-0.4, -0.2) is 56.8 Å². The van der Waals surface area contributed by atoms with E-state index in [2.05, 4.69) is 10.1 Å². The van der Waals surface area contributed by atoms with Gasteiger partial charge in [0.05, 0.1) is 41.7 Å². The molecule has 150 valence electrons. The molecule has 29 heavy (non-hydrogen) atoms. The first-order chi connectivity index (χ1) is 14.0. The second-order valence-corrected chi connectivity index (χ2v) is 7.22. The molecule has 3 aromatic rings. The summed E-state index contributed by atoms with van der Waals surface area (Å²) in [4.78, 5) is 30.5. The summed E-state index contributed by atoms with van der Waals surface area (Å²) in [6, 6.07) is 7.60. The Morgan fingerprint density at radius 2 is 1.97 bits per heavy atom. The summed E-state index contributed by atoms with van der Waals surface area (Å²) in [5, 5.41) is 14.1. The molecule has 0 radical (unpaired) electrons. The number of nitrogens with zero attached hydrogens (tertiary/aromatic N) is 4. The van der Waals surface area contributed by atoms with Crippen molar-refractivity contribution in [2.45, 2.75) is 25.8 Å². The van der Waals surface area contributed by atoms with E-state index in [-0.39, 0.29) is 17.5 Å². The van der Waals surface area contributed by atoms with E-state index in [0.29, 0.717) is 24.3 Å². The van der Waals surface area contributed by atoms with Gasteiger partial charge in [-0.3, -0.25) is 14.5 Å². The Bertz CT molecular complexity index is 1080. The van der Waals surface area contributed by atoms with Crippen LogP contribution in [0.25, 0.3) is 10.9 Å². The van der Waals surface area contributed by atoms with E-state index >= 15 is 0 Å². The van der Waals surface area contributed by atoms with Crippen LogP contribution in [-0.2, 0) is 0 Å². The fourth-order valence-electron chi connectivity index (χ4n) is 3.74. The van der Waals surface area contributed by atoms with Crippen LogP contribution >= 0.6 is 0 Å². The van der Waals surface area contributed by atoms with Gasteiger partial charge in [-0.05, 0) is 38.0 Å². The SMILES string of the molecule is COc1ccc2cc(C(=O)N3CCC(n4cc(C(=O)O)cn4)CC3)c(C)nc2c1. The van der Waals surface area contributed by atoms with Gasteiger partial charge in [0.25, 0.3) is 5.91 Å². The highest BCUT2D eigenvalue weighted by molar-refractivity contribution is 5.98. The molecule has 1 saturated heterocycles. The van der Waals surface area contributed by atoms with Crippen molar-refractivity contribution in [3.63, 3.8) is 0 Å². The van der Waals surface area contributed by atoms with E-state index in [0.717, 1.165) is 29.5 Å². The van der Waals surface area contributed by atoms with Crippen LogP contribution in [0.5, 0.6) is 5.75 Å². The molecule has 8 heteroatoms. The third-order valence-electron chi connectivity index (χ3n) is 5.42. The molecule has 0 bridgehead atoms. The van der Waals surface area contributed by atoms with E-state index < -0.39 is 5.97 Å². The Hall–Kier alpha value is -3.42. The molecule has 1 N–H and O–H groups in total. The standard InChI is InChI=1S/C21H22N4O4/c1-13-18(9-14-3-4-17(29-2)10-19(14)23-13)20(26)24-7-5-16(6-8-24)25-12-15(11-22-25)21(27)28/h3-4,9-12,16H,5-8H2,1-2H3,(H,27,28). The Labute approximate surface area is 167 Å². The van der Waals surface area contributed by atoms with Crippen LogP contribution in [0.4, 0.5) is 0 Å². The summed E-state index contributed by atoms with van der Waals surface area (Å²) in [6.45, 7) is 3.02. The maximum atomic E-state index is 13.1. The summed E-state index contributed by atoms with van der Waals surface area (Å²) < 4.78 is 6.94. The van der Waals surface area contributed by atoms with Crippen LogP contribution in [0.15, 0.2) is 36.7 Å². The summed E-state index contributed by atoms with van der Waals surface area (Å²) in [5.41, 5.74) is 2.27. The fourth-order valence-corrected chi connectivity index (χ4v) is 3.74. The smallest absolute Gasteiger partial charge is 0.338 e. The molecule has 1 fully saturated rings. The number of fused-ring (bicyclic) bond motifs is 1. The summed E-state index contributed by atoms with van der Waals surface area (Å²) in [7, 11) is 1.61. The number of pyridine rings is 1. The quantitative estimate of drug-likeness (QED) is 0.731. The largest absolute Gasteiger partial charge is 0.497 e. The average Bonchev–Trinajstić information content (AvgIpc) is 3.23. The molecule has 2 aromatic heterocycles. The predicted octanol–water partition coefficient (Wildman–Crippen LogP) is 2.92. The molecule has 0 unspecified atom stereocenters. The maximum absolute atomic E-state index is 13.1. The Morgan fingerprint density at radius 1 is 1.21 bits per heavy atom. The highest BCUT2D eigenvalue weighted by atomic mass is 16.5. The molecule has 0 aliphatic carbocycles. The molecule has 8 nitrogen and oxygen atoms in total. The second-order valence-electron chi connectivity index (χ2n) is 7.22. The Kier molecular flexibility index (Phi) is 4.92. The van der Waals surface area contributed by atoms with E-state index in [1.54, 1.807) is 18.0 Å². The van der Waals surface area contributed by atoms with E-state index in [1.807, 2.05) is 36.1 Å². The number of methoxy groups -OCH3 is 1. The van der Waals surface area contributed by atoms with Gasteiger partial charge in [-0.2, -0.15) is 5.10 Å². The fraction of sp³-hybridized carbons (Fsp3) is 0.333. The molecule has 1 aliphatic heterocycles. The van der Waals surface area contributed by atoms with Crippen LogP contribution in [0, 0.1) is 6.92 Å². The van der Waals surface area contributed by atoms with Gasteiger partial charge in [-0.25, -0.2) is 4.79 Å². The minimum atomic E-state index is -0.985. The lowest BCUT2D eigenvalue weighted by Crippen LogP contribution is -2.39. The van der Waals surface area contributed by atoms with Gasteiger partial charge >= 0.3 is 5.97 Å². The molecule has 1 aliphatic rings. The number of carboxylic acids is 1. The van der Waals surface area contributed by atoms with Gasteiger partial charge in [0.2, 0.25) is 0 Å². The normalized spacial score (nSPS) is 14.9. The number of hydrogen-bond acceptors (Lipinski definition) is 5. The van der Waals surface area contributed by atoms with Gasteiger partial charge in [-0.15, -0.1) is 0 Å². The van der Waals surface area contributed by atoms with Gasteiger partial charge in [0.1, 0.15) is 5.75 Å². The molecular weight excluding hydrogens is 372 g/mol. The number of aromatic carboxylic acids is 1. The molecule has 3 heterocycles. The summed E-state index contributed by atoms with van der Waals surface area (Å²) >= 11 is 0. The van der Waals surface area contributed by atoms with Gasteiger partial charge in [0, 0.05) is 30.7 Å². The number of aromatic nitrogens is 3. The van der Waals surface area contributed by atoms with Crippen molar-refractivity contribution >= 4 is 22.8 Å². The van der Waals surface area contributed by atoms with E-state index in [4.69, 9.17) is 9.84 Å². The minimum Gasteiger partial charge on any atom is -0.497 e. The van der Waals surface area contributed by atoms with Crippen molar-refractivity contribution in [2.24, 2.45) is 0 Å². The molecular formula is C21H22N4O4. The van der Waals surface area contributed by atoms with Gasteiger partial charge < -0.3 is 14.7 Å². The zero-order valence-electron chi connectivity index (χ0n) is 16.3. The maximum Gasteiger partial charge on any atom is 0.338 e. The molecule has 1 aromatic carbocycles. The first-order valence-electron chi connectivity index (χ1n) is 9.48. The van der Waals surface area contributed by atoms with Crippen molar-refractivity contribution in [1.29, 1.82) is 0 Å². The van der Waals surface area contributed by atoms with Crippen LogP contribution in [0.1, 0.15) is 45.3 Å². The number of amides is 1. The summed E-state index contributed by atoms with van der Waals surface area (Å²) in [5.74, 6) is -0.283. The van der Waals surface area contributed by atoms with Gasteiger partial charge in [-0.1, -0.05) is 0 Å². The van der Waals surface area contributed by atoms with Crippen molar-refractivity contribution in [1.82, 2.24) is 19.7 Å². The van der Waals surface area contributed by atoms with Crippen molar-refractivity contribution < 1.29 is 19.4 Å². The van der Waals surface area contributed by atoms with E-state index in [9.17, 15) is 9.59 Å². The van der Waals surface area contributed by atoms with Crippen molar-refractivity contribution in [3.8, 4) is 5.75 Å². The predicted molar refractivity (Wildman–Crippen MR) is 106 cm³/mol. The number of rotatable bonds is 4. The lowest BCUT2D eigenvalue weighted by atomic mass is 10.0. The molecule has 0 atom stereocenters. The number of carbonyl (C=O) groups excluding carboxylic acids is 1. The number of ether oxygens (including phenoxy) is 1. The molecule has 0 spiro atoms. The number of aryl methyl sites for hydroxylation is 1. The van der Waals surface area contributed by atoms with Crippen LogP contribution in [0.2, 0.25) is 0 Å². The average molecular weight is 394 g/mol. The molecule has 1 amide bonds. The van der Waals surface area contributed by atoms with Gasteiger partial charge in [0.15, 0.2) is 0 Å². The highest BCUT2D eigenvalue weighted by Gasteiger charge is 2.26. The third kappa shape index (κ3) is 3.65. The first kappa shape index (κ1) is 18.9. The molecule has 4 rings (SSSR count). The number of carbonyl (C=O) groups is 2. The zero-order valence-corrected chi connectivity index (χ0v) is 16.3. The third-order valence-corrected chi connectivity index (χ3v) is 5.42. The minimum absolute atomic E-state index is 0.0298. The topological polar surface area (TPSA) is 97.5 Å². The zero-order chi connectivity index (χ0) is 20.5. The summed E-state index contributed by atoms with van der Waals surface area (Å²) in [6.07, 6.45) is 4.36. The molecule has 0 saturated carbocycles. The first-order valence-corrected chi connectivity index (χ1v) is 9.48. The lowest BCUT2D eigenvalue weighted by molar-refractivity contribution is 0.0687. The number of carboxylic acid groups (broad SMARTS) is 1. The number of benzene rings is 1. The Morgan fingerprint density at radius 3 is 2.62 bits per heavy atom. The Balaban J connectivity index is 1.49. The van der Waals surface area contributed by atoms with E-state index in [1.165, 1.54) is 6.20 Å². The van der Waals surface area contributed by atoms with Crippen molar-refractivity contribution in [2.75, 3.05) is 20.2 Å². The monoisotopic (exact) mass is 394 g/mol. The van der Waals surface area contributed by atoms with Crippen molar-refractivity contribution in [3.05, 3.63) is 53.5 Å². The number of hydrogen-bond donors (Lipinski definition) is 1. The lowest BCUT2D eigenvalue weighted by Gasteiger charge is -2.32.